The highest BCUT2D eigenvalue weighted by molar-refractivity contribution is 5.74. The molecule has 3 heteroatoms. The highest BCUT2D eigenvalue weighted by Crippen LogP contribution is 2.42. The molecule has 1 rings (SSSR count). The second kappa shape index (κ2) is 5.67. The molecule has 3 atom stereocenters. The minimum Gasteiger partial charge on any atom is -0.466 e. The number of esters is 1. The first kappa shape index (κ1) is 13.5. The van der Waals surface area contributed by atoms with Crippen LogP contribution in [0.15, 0.2) is 0 Å². The lowest BCUT2D eigenvalue weighted by Crippen LogP contribution is -2.45. The SMILES string of the molecule is CCCC(C(=O)OCC)C1(O)CCCC1C. The predicted octanol–water partition coefficient (Wildman–Crippen LogP) is 2.52. The van der Waals surface area contributed by atoms with E-state index in [1.54, 1.807) is 0 Å². The third kappa shape index (κ3) is 2.57. The van der Waals surface area contributed by atoms with Gasteiger partial charge in [0.1, 0.15) is 0 Å². The Balaban J connectivity index is 2.79. The number of carbonyl (C=O) groups excluding carboxylic acids is 1. The van der Waals surface area contributed by atoms with Gasteiger partial charge >= 0.3 is 5.97 Å². The highest BCUT2D eigenvalue weighted by Gasteiger charge is 2.48. The Labute approximate surface area is 98.2 Å². The zero-order chi connectivity index (χ0) is 12.2. The molecule has 0 aromatic carbocycles. The minimum absolute atomic E-state index is 0.202. The van der Waals surface area contributed by atoms with Gasteiger partial charge in [-0.15, -0.1) is 0 Å². The van der Waals surface area contributed by atoms with E-state index in [1.807, 2.05) is 20.8 Å². The first-order valence-electron chi connectivity index (χ1n) is 6.45. The molecule has 1 saturated carbocycles. The van der Waals surface area contributed by atoms with Crippen molar-refractivity contribution in [3.05, 3.63) is 0 Å². The van der Waals surface area contributed by atoms with Crippen LogP contribution in [0, 0.1) is 11.8 Å². The molecule has 0 radical (unpaired) electrons. The predicted molar refractivity (Wildman–Crippen MR) is 63.0 cm³/mol. The molecule has 0 heterocycles. The molecule has 1 aliphatic carbocycles. The van der Waals surface area contributed by atoms with E-state index in [9.17, 15) is 9.90 Å². The van der Waals surface area contributed by atoms with Gasteiger partial charge < -0.3 is 9.84 Å². The lowest BCUT2D eigenvalue weighted by atomic mass is 9.77. The van der Waals surface area contributed by atoms with Crippen LogP contribution in [-0.2, 0) is 9.53 Å². The van der Waals surface area contributed by atoms with Crippen LogP contribution >= 0.6 is 0 Å². The number of hydrogen-bond donors (Lipinski definition) is 1. The van der Waals surface area contributed by atoms with Crippen molar-refractivity contribution in [1.82, 2.24) is 0 Å². The standard InChI is InChI=1S/C13H24O3/c1-4-7-11(12(14)16-5-2)13(15)9-6-8-10(13)3/h10-11,15H,4-9H2,1-3H3. The maximum atomic E-state index is 11.9. The Morgan fingerprint density at radius 1 is 1.56 bits per heavy atom. The molecule has 0 aromatic heterocycles. The normalized spacial score (nSPS) is 31.4. The summed E-state index contributed by atoms with van der Waals surface area (Å²) in [5.41, 5.74) is -0.831. The molecule has 1 aliphatic rings. The summed E-state index contributed by atoms with van der Waals surface area (Å²) in [5, 5.41) is 10.6. The molecule has 3 nitrogen and oxygen atoms in total. The smallest absolute Gasteiger partial charge is 0.311 e. The molecule has 0 aliphatic heterocycles. The van der Waals surface area contributed by atoms with Gasteiger partial charge in [0.15, 0.2) is 0 Å². The highest BCUT2D eigenvalue weighted by atomic mass is 16.5. The molecular formula is C13H24O3. The maximum absolute atomic E-state index is 11.9. The van der Waals surface area contributed by atoms with Crippen LogP contribution in [0.5, 0.6) is 0 Å². The topological polar surface area (TPSA) is 46.5 Å². The molecule has 1 fully saturated rings. The second-order valence-electron chi connectivity index (χ2n) is 4.88. The zero-order valence-corrected chi connectivity index (χ0v) is 10.7. The third-order valence-electron chi connectivity index (χ3n) is 3.82. The summed E-state index contributed by atoms with van der Waals surface area (Å²) in [6, 6.07) is 0. The maximum Gasteiger partial charge on any atom is 0.311 e. The summed E-state index contributed by atoms with van der Waals surface area (Å²) < 4.78 is 5.08. The van der Waals surface area contributed by atoms with Gasteiger partial charge in [0, 0.05) is 0 Å². The molecular weight excluding hydrogens is 204 g/mol. The van der Waals surface area contributed by atoms with Gasteiger partial charge in [-0.2, -0.15) is 0 Å². The Morgan fingerprint density at radius 2 is 2.25 bits per heavy atom. The third-order valence-corrected chi connectivity index (χ3v) is 3.82. The second-order valence-corrected chi connectivity index (χ2v) is 4.88. The van der Waals surface area contributed by atoms with Gasteiger partial charge in [-0.1, -0.05) is 26.7 Å². The van der Waals surface area contributed by atoms with Crippen molar-refractivity contribution in [3.8, 4) is 0 Å². The summed E-state index contributed by atoms with van der Waals surface area (Å²) in [7, 11) is 0. The lowest BCUT2D eigenvalue weighted by Gasteiger charge is -2.34. The van der Waals surface area contributed by atoms with E-state index in [2.05, 4.69) is 0 Å². The average molecular weight is 228 g/mol. The van der Waals surface area contributed by atoms with Gasteiger partial charge in [-0.3, -0.25) is 4.79 Å². The van der Waals surface area contributed by atoms with Gasteiger partial charge in [0.2, 0.25) is 0 Å². The van der Waals surface area contributed by atoms with Crippen LogP contribution in [0.3, 0.4) is 0 Å². The van der Waals surface area contributed by atoms with Crippen molar-refractivity contribution in [1.29, 1.82) is 0 Å². The Kier molecular flexibility index (Phi) is 4.78. The van der Waals surface area contributed by atoms with Crippen molar-refractivity contribution in [3.63, 3.8) is 0 Å². The fourth-order valence-electron chi connectivity index (χ4n) is 2.81. The molecule has 16 heavy (non-hydrogen) atoms. The summed E-state index contributed by atoms with van der Waals surface area (Å²) in [6.45, 7) is 6.27. The van der Waals surface area contributed by atoms with Crippen LogP contribution in [0.4, 0.5) is 0 Å². The number of rotatable bonds is 5. The van der Waals surface area contributed by atoms with Crippen LogP contribution in [0.2, 0.25) is 0 Å². The first-order chi connectivity index (χ1) is 7.56. The molecule has 0 saturated heterocycles. The monoisotopic (exact) mass is 228 g/mol. The van der Waals surface area contributed by atoms with E-state index >= 15 is 0 Å². The van der Waals surface area contributed by atoms with Crippen molar-refractivity contribution >= 4 is 5.97 Å². The fraction of sp³-hybridized carbons (Fsp3) is 0.923. The summed E-state index contributed by atoms with van der Waals surface area (Å²) in [6.07, 6.45) is 4.38. The largest absolute Gasteiger partial charge is 0.466 e. The van der Waals surface area contributed by atoms with Crippen LogP contribution in [-0.4, -0.2) is 23.3 Å². The van der Waals surface area contributed by atoms with Gasteiger partial charge in [-0.25, -0.2) is 0 Å². The van der Waals surface area contributed by atoms with Crippen molar-refractivity contribution < 1.29 is 14.6 Å². The van der Waals surface area contributed by atoms with Gasteiger partial charge in [0.05, 0.1) is 18.1 Å². The number of aliphatic hydroxyl groups is 1. The Morgan fingerprint density at radius 3 is 2.69 bits per heavy atom. The van der Waals surface area contributed by atoms with Crippen molar-refractivity contribution in [2.75, 3.05) is 6.61 Å². The van der Waals surface area contributed by atoms with Crippen molar-refractivity contribution in [2.45, 2.75) is 58.5 Å². The summed E-state index contributed by atoms with van der Waals surface area (Å²) in [5.74, 6) is -0.357. The van der Waals surface area contributed by atoms with E-state index < -0.39 is 5.60 Å². The minimum atomic E-state index is -0.831. The molecule has 94 valence electrons. The first-order valence-corrected chi connectivity index (χ1v) is 6.45. The van der Waals surface area contributed by atoms with E-state index in [0.29, 0.717) is 6.61 Å². The van der Waals surface area contributed by atoms with Gasteiger partial charge in [-0.05, 0) is 32.1 Å². The number of ether oxygens (including phenoxy) is 1. The van der Waals surface area contributed by atoms with Gasteiger partial charge in [0.25, 0.3) is 0 Å². The molecule has 0 aromatic rings. The molecule has 0 amide bonds. The van der Waals surface area contributed by atoms with Crippen molar-refractivity contribution in [2.24, 2.45) is 11.8 Å². The summed E-state index contributed by atoms with van der Waals surface area (Å²) in [4.78, 5) is 11.9. The number of hydrogen-bond acceptors (Lipinski definition) is 3. The van der Waals surface area contributed by atoms with Crippen LogP contribution < -0.4 is 0 Å². The van der Waals surface area contributed by atoms with E-state index in [-0.39, 0.29) is 17.8 Å². The van der Waals surface area contributed by atoms with E-state index in [1.165, 1.54) is 0 Å². The molecule has 0 bridgehead atoms. The molecule has 0 spiro atoms. The summed E-state index contributed by atoms with van der Waals surface area (Å²) >= 11 is 0. The quantitative estimate of drug-likeness (QED) is 0.735. The molecule has 1 N–H and O–H groups in total. The van der Waals surface area contributed by atoms with E-state index in [4.69, 9.17) is 4.74 Å². The van der Waals surface area contributed by atoms with E-state index in [0.717, 1.165) is 32.1 Å². The average Bonchev–Trinajstić information content (AvgIpc) is 2.57. The lowest BCUT2D eigenvalue weighted by molar-refractivity contribution is -0.161. The fourth-order valence-corrected chi connectivity index (χ4v) is 2.81. The molecule has 3 unspecified atom stereocenters. The van der Waals surface area contributed by atoms with Crippen LogP contribution in [0.1, 0.15) is 52.9 Å². The zero-order valence-electron chi connectivity index (χ0n) is 10.7. The Hall–Kier alpha value is -0.570. The Bertz CT molecular complexity index is 239. The van der Waals surface area contributed by atoms with Crippen LogP contribution in [0.25, 0.3) is 0 Å². The number of carbonyl (C=O) groups is 1.